The van der Waals surface area contributed by atoms with E-state index >= 15 is 0 Å². The number of aromatic amines is 1. The lowest BCUT2D eigenvalue weighted by Crippen LogP contribution is -2.14. The fraction of sp³-hybridized carbons (Fsp3) is 0.368. The third-order valence-corrected chi connectivity index (χ3v) is 4.22. The number of methoxy groups -OCH3 is 4. The van der Waals surface area contributed by atoms with Crippen LogP contribution in [0.25, 0.3) is 0 Å². The van der Waals surface area contributed by atoms with Gasteiger partial charge >= 0.3 is 5.97 Å². The number of hydrogen-bond donors (Lipinski definition) is 2. The molecule has 1 aromatic carbocycles. The molecule has 0 spiro atoms. The van der Waals surface area contributed by atoms with Crippen LogP contribution in [0.3, 0.4) is 0 Å². The monoisotopic (exact) mass is 376 g/mol. The second-order valence-corrected chi connectivity index (χ2v) is 5.69. The summed E-state index contributed by atoms with van der Waals surface area (Å²) >= 11 is 0. The molecule has 1 aromatic heterocycles. The number of H-pyrrole nitrogens is 1. The number of hydrogen-bond acceptors (Lipinski definition) is 6. The van der Waals surface area contributed by atoms with Crippen LogP contribution in [0.15, 0.2) is 12.1 Å². The van der Waals surface area contributed by atoms with Crippen LogP contribution in [0.5, 0.6) is 17.2 Å². The second-order valence-electron chi connectivity index (χ2n) is 5.69. The van der Waals surface area contributed by atoms with E-state index in [4.69, 9.17) is 18.9 Å². The number of aromatic nitrogens is 1. The molecule has 1 amide bonds. The first-order valence-corrected chi connectivity index (χ1v) is 8.32. The Kier molecular flexibility index (Phi) is 6.33. The molecule has 0 saturated heterocycles. The van der Waals surface area contributed by atoms with E-state index in [0.717, 1.165) is 0 Å². The number of benzene rings is 1. The number of nitrogens with one attached hydrogen (secondary N) is 2. The maximum Gasteiger partial charge on any atom is 0.339 e. The number of carbonyl (C=O) groups excluding carboxylic acids is 2. The van der Waals surface area contributed by atoms with Gasteiger partial charge in [0.2, 0.25) is 5.75 Å². The Balaban J connectivity index is 2.41. The standard InChI is InChI=1S/C19H24N2O6/c1-7-12-15(19(23)27-6)10(2)16(21-12)18(22)20-11-8-13(24-3)17(26-5)14(9-11)25-4/h8-9,21H,7H2,1-6H3,(H,20,22). The third-order valence-electron chi connectivity index (χ3n) is 4.22. The molecule has 2 N–H and O–H groups in total. The maximum absolute atomic E-state index is 12.8. The van der Waals surface area contributed by atoms with Crippen LogP contribution < -0.4 is 19.5 Å². The lowest BCUT2D eigenvalue weighted by molar-refractivity contribution is 0.0599. The Bertz CT molecular complexity index is 831. The van der Waals surface area contributed by atoms with Crippen LogP contribution in [0.2, 0.25) is 0 Å². The van der Waals surface area contributed by atoms with Crippen LogP contribution in [0.1, 0.15) is 39.0 Å². The first-order chi connectivity index (χ1) is 12.9. The topological polar surface area (TPSA) is 98.9 Å². The summed E-state index contributed by atoms with van der Waals surface area (Å²) in [5, 5.41) is 2.78. The van der Waals surface area contributed by atoms with E-state index in [1.807, 2.05) is 6.92 Å². The van der Waals surface area contributed by atoms with Crippen molar-refractivity contribution >= 4 is 17.6 Å². The molecule has 2 aromatic rings. The van der Waals surface area contributed by atoms with Gasteiger partial charge in [-0.05, 0) is 18.9 Å². The molecule has 27 heavy (non-hydrogen) atoms. The molecule has 0 atom stereocenters. The van der Waals surface area contributed by atoms with Crippen LogP contribution in [0.4, 0.5) is 5.69 Å². The minimum absolute atomic E-state index is 0.293. The van der Waals surface area contributed by atoms with Crippen molar-refractivity contribution in [2.24, 2.45) is 0 Å². The van der Waals surface area contributed by atoms with Crippen LogP contribution in [0, 0.1) is 6.92 Å². The van der Waals surface area contributed by atoms with Crippen molar-refractivity contribution in [3.8, 4) is 17.2 Å². The fourth-order valence-electron chi connectivity index (χ4n) is 2.88. The lowest BCUT2D eigenvalue weighted by Gasteiger charge is -2.14. The van der Waals surface area contributed by atoms with Crippen molar-refractivity contribution in [2.75, 3.05) is 33.8 Å². The molecule has 0 fully saturated rings. The number of esters is 1. The molecule has 0 radical (unpaired) electrons. The van der Waals surface area contributed by atoms with Gasteiger partial charge in [0.25, 0.3) is 5.91 Å². The molecule has 146 valence electrons. The van der Waals surface area contributed by atoms with E-state index in [1.54, 1.807) is 19.1 Å². The second kappa shape index (κ2) is 8.48. The SMILES string of the molecule is CCc1[nH]c(C(=O)Nc2cc(OC)c(OC)c(OC)c2)c(C)c1C(=O)OC. The molecule has 0 aliphatic carbocycles. The minimum Gasteiger partial charge on any atom is -0.493 e. The Hall–Kier alpha value is -3.16. The summed E-state index contributed by atoms with van der Waals surface area (Å²) in [5.74, 6) is 0.383. The Morgan fingerprint density at radius 1 is 1.04 bits per heavy atom. The van der Waals surface area contributed by atoms with Gasteiger partial charge in [0, 0.05) is 23.5 Å². The van der Waals surface area contributed by atoms with E-state index in [9.17, 15) is 9.59 Å². The van der Waals surface area contributed by atoms with Crippen LogP contribution in [-0.4, -0.2) is 45.3 Å². The van der Waals surface area contributed by atoms with E-state index in [0.29, 0.717) is 51.9 Å². The summed E-state index contributed by atoms with van der Waals surface area (Å²) in [7, 11) is 5.80. The quantitative estimate of drug-likeness (QED) is 0.721. The normalized spacial score (nSPS) is 10.3. The minimum atomic E-state index is -0.479. The Morgan fingerprint density at radius 2 is 1.63 bits per heavy atom. The zero-order valence-electron chi connectivity index (χ0n) is 16.3. The zero-order valence-corrected chi connectivity index (χ0v) is 16.3. The molecular formula is C19H24N2O6. The summed E-state index contributed by atoms with van der Waals surface area (Å²) in [6.07, 6.45) is 0.558. The van der Waals surface area contributed by atoms with E-state index in [-0.39, 0.29) is 0 Å². The van der Waals surface area contributed by atoms with Gasteiger partial charge in [-0.15, -0.1) is 0 Å². The van der Waals surface area contributed by atoms with Crippen molar-refractivity contribution in [3.05, 3.63) is 34.6 Å². The fourth-order valence-corrected chi connectivity index (χ4v) is 2.88. The Labute approximate surface area is 157 Å². The maximum atomic E-state index is 12.8. The first-order valence-electron chi connectivity index (χ1n) is 8.32. The van der Waals surface area contributed by atoms with Gasteiger partial charge in [-0.3, -0.25) is 4.79 Å². The average molecular weight is 376 g/mol. The number of anilines is 1. The Morgan fingerprint density at radius 3 is 2.07 bits per heavy atom. The van der Waals surface area contributed by atoms with Gasteiger partial charge in [0.1, 0.15) is 5.69 Å². The molecule has 1 heterocycles. The van der Waals surface area contributed by atoms with E-state index in [2.05, 4.69) is 10.3 Å². The zero-order chi connectivity index (χ0) is 20.1. The summed E-state index contributed by atoms with van der Waals surface area (Å²) in [4.78, 5) is 27.8. The van der Waals surface area contributed by atoms with Crippen molar-refractivity contribution in [2.45, 2.75) is 20.3 Å². The highest BCUT2D eigenvalue weighted by molar-refractivity contribution is 6.07. The van der Waals surface area contributed by atoms with Gasteiger partial charge < -0.3 is 29.2 Å². The summed E-state index contributed by atoms with van der Waals surface area (Å²) in [6, 6.07) is 3.25. The van der Waals surface area contributed by atoms with E-state index < -0.39 is 11.9 Å². The first kappa shape index (κ1) is 20.2. The molecule has 2 rings (SSSR count). The third kappa shape index (κ3) is 3.84. The number of amides is 1. The molecule has 0 aliphatic rings. The number of aryl methyl sites for hydroxylation is 1. The highest BCUT2D eigenvalue weighted by Crippen LogP contribution is 2.40. The van der Waals surface area contributed by atoms with Gasteiger partial charge in [0.05, 0.1) is 34.0 Å². The number of rotatable bonds is 7. The van der Waals surface area contributed by atoms with Crippen molar-refractivity contribution < 1.29 is 28.5 Å². The molecular weight excluding hydrogens is 352 g/mol. The summed E-state index contributed by atoms with van der Waals surface area (Å²) in [5.41, 5.74) is 2.32. The summed E-state index contributed by atoms with van der Waals surface area (Å²) < 4.78 is 20.7. The molecule has 0 saturated carbocycles. The van der Waals surface area contributed by atoms with Crippen molar-refractivity contribution in [3.63, 3.8) is 0 Å². The predicted molar refractivity (Wildman–Crippen MR) is 100 cm³/mol. The van der Waals surface area contributed by atoms with Gasteiger partial charge in [-0.1, -0.05) is 6.92 Å². The van der Waals surface area contributed by atoms with Crippen LogP contribution >= 0.6 is 0 Å². The van der Waals surface area contributed by atoms with Gasteiger partial charge in [-0.2, -0.15) is 0 Å². The highest BCUT2D eigenvalue weighted by Gasteiger charge is 2.24. The van der Waals surface area contributed by atoms with Gasteiger partial charge in [-0.25, -0.2) is 4.79 Å². The van der Waals surface area contributed by atoms with Crippen molar-refractivity contribution in [1.82, 2.24) is 4.98 Å². The van der Waals surface area contributed by atoms with E-state index in [1.165, 1.54) is 28.4 Å². The molecule has 0 unspecified atom stereocenters. The van der Waals surface area contributed by atoms with Gasteiger partial charge in [0.15, 0.2) is 11.5 Å². The highest BCUT2D eigenvalue weighted by atomic mass is 16.5. The molecule has 0 bridgehead atoms. The smallest absolute Gasteiger partial charge is 0.339 e. The number of ether oxygens (including phenoxy) is 4. The summed E-state index contributed by atoms with van der Waals surface area (Å²) in [6.45, 7) is 3.59. The van der Waals surface area contributed by atoms with Crippen LogP contribution in [-0.2, 0) is 11.2 Å². The molecule has 8 nitrogen and oxygen atoms in total. The lowest BCUT2D eigenvalue weighted by atomic mass is 10.1. The number of carbonyl (C=O) groups is 2. The molecule has 8 heteroatoms. The predicted octanol–water partition coefficient (Wildman–Crippen LogP) is 2.95. The average Bonchev–Trinajstić information content (AvgIpc) is 3.02. The largest absolute Gasteiger partial charge is 0.493 e. The van der Waals surface area contributed by atoms with Crippen molar-refractivity contribution in [1.29, 1.82) is 0 Å². The molecule has 0 aliphatic heterocycles.